The SMILES string of the molecule is CNC(=O)c1cc(-c2cccc(CN3O[C@@H](CNCc4ccccc4)[C@@H]([C@H](C)O)[C@H]3C(=O)N[C@H]3C[C@H]4C[C@@H]([C@@H]3C)C4(C)C)c2C)cc(N(C)C)c1.CNC(=O)c1cc(-c2cccc(CN3O[C@@H](CNCc4ccccn4)[C@@H]([C@H](C)O)[C@H]3C(=O)N[C@H]3C[C@H]4C[C@@H]([C@@H]3C)C4(C)C)c2C)cc(N(C)C)c1. The molecule has 4 amide bonds. The fraction of sp³-hybridized carbons (Fsp3) is 0.530. The highest BCUT2D eigenvalue weighted by Crippen LogP contribution is 2.62. The van der Waals surface area contributed by atoms with Gasteiger partial charge in [-0.15, -0.1) is 0 Å². The van der Waals surface area contributed by atoms with Crippen LogP contribution in [0.1, 0.15) is 135 Å². The van der Waals surface area contributed by atoms with Crippen molar-refractivity contribution in [2.24, 2.45) is 58.2 Å². The lowest BCUT2D eigenvalue weighted by atomic mass is 9.45. The van der Waals surface area contributed by atoms with Gasteiger partial charge in [0.2, 0.25) is 11.8 Å². The van der Waals surface area contributed by atoms with E-state index in [1.54, 1.807) is 39.2 Å². The number of pyridine rings is 1. The molecule has 3 heterocycles. The lowest BCUT2D eigenvalue weighted by molar-refractivity contribution is -0.177. The molecular formula is C83H113N11O8. The quantitative estimate of drug-likeness (QED) is 0.0282. The van der Waals surface area contributed by atoms with Gasteiger partial charge < -0.3 is 51.9 Å². The number of aromatic nitrogens is 1. The van der Waals surface area contributed by atoms with Crippen molar-refractivity contribution in [2.45, 2.75) is 170 Å². The van der Waals surface area contributed by atoms with Gasteiger partial charge in [-0.3, -0.25) is 33.8 Å². The van der Waals surface area contributed by atoms with Crippen LogP contribution >= 0.6 is 0 Å². The minimum absolute atomic E-state index is 0.0786. The molecule has 5 aromatic carbocycles. The summed E-state index contributed by atoms with van der Waals surface area (Å²) in [6.07, 6.45) is 3.81. The van der Waals surface area contributed by atoms with Crippen LogP contribution in [0.5, 0.6) is 0 Å². The molecule has 19 heteroatoms. The Kier molecular flexibility index (Phi) is 23.5. The van der Waals surface area contributed by atoms with Crippen LogP contribution in [0.4, 0.5) is 11.4 Å². The van der Waals surface area contributed by atoms with Crippen molar-refractivity contribution in [3.8, 4) is 22.3 Å². The predicted octanol–water partition coefficient (Wildman–Crippen LogP) is 10.5. The lowest BCUT2D eigenvalue weighted by Crippen LogP contribution is -2.62. The Balaban J connectivity index is 0.000000205. The number of benzene rings is 5. The molecule has 8 fully saturated rings. The monoisotopic (exact) mass is 1390 g/mol. The molecule has 6 aromatic rings. The molecule has 1 aromatic heterocycles. The number of carbonyl (C=O) groups is 4. The summed E-state index contributed by atoms with van der Waals surface area (Å²) < 4.78 is 0. The zero-order chi connectivity index (χ0) is 73.2. The Bertz CT molecular complexity index is 3670. The smallest absolute Gasteiger partial charge is 0.251 e. The topological polar surface area (TPSA) is 225 Å². The standard InChI is InChI=1S/C42H57N5O4.C41H56N6O4/c1-25-29(15-12-16-34(25)30-17-31(40(49)43-6)19-33(18-30)46(7)8)24-47-39(41(50)45-36-21-32-20-35(26(36)2)42(32,4)5)38(27(3)48)37(51-47)23-44-22-28-13-10-9-11-14-28;1-24-27(12-11-14-33(24)28-16-29(39(49)42-6)18-32(17-28)46(7)8)23-47-38(40(50)45-35-20-30-19-34(25(35)2)41(30,4)5)37(26(3)48)36(51-47)22-43-21-31-13-9-10-15-44-31/h9-19,26-27,32,35-39,44,48H,20-24H2,1-8H3,(H,43,49)(H,45,50);9-18,25-26,30,34-38,43,48H,19-23H2,1-8H3,(H,42,49)(H,45,50)/t26-,27-,32+,35-,36-,37-,38+,39-;25-,26-,30+,34-,35-,36-,37+,38-/m00/s1. The van der Waals surface area contributed by atoms with Gasteiger partial charge in [-0.2, -0.15) is 10.1 Å². The number of hydroxylamine groups is 4. The fourth-order valence-corrected chi connectivity index (χ4v) is 18.1. The first-order valence-corrected chi connectivity index (χ1v) is 37.1. The number of carbonyl (C=O) groups excluding carboxylic acids is 4. The molecule has 2 aliphatic heterocycles. The van der Waals surface area contributed by atoms with Crippen molar-refractivity contribution in [1.29, 1.82) is 0 Å². The number of nitrogens with one attached hydrogen (secondary N) is 6. The van der Waals surface area contributed by atoms with E-state index in [0.29, 0.717) is 96.7 Å². The van der Waals surface area contributed by atoms with E-state index in [1.165, 1.54) is 12.8 Å². The lowest BCUT2D eigenvalue weighted by Gasteiger charge is -2.62. The first-order valence-electron chi connectivity index (χ1n) is 37.1. The van der Waals surface area contributed by atoms with Gasteiger partial charge >= 0.3 is 0 Å². The van der Waals surface area contributed by atoms with E-state index < -0.39 is 48.3 Å². The number of amides is 4. The van der Waals surface area contributed by atoms with Crippen molar-refractivity contribution in [3.63, 3.8) is 0 Å². The van der Waals surface area contributed by atoms with E-state index in [1.807, 2.05) is 116 Å². The Labute approximate surface area is 605 Å². The highest BCUT2D eigenvalue weighted by molar-refractivity contribution is 5.98. The average molecular weight is 1390 g/mol. The molecule has 8 N–H and O–H groups in total. The van der Waals surface area contributed by atoms with Crippen molar-refractivity contribution in [1.82, 2.24) is 47.0 Å². The summed E-state index contributed by atoms with van der Waals surface area (Å²) in [5.41, 5.74) is 13.7. The summed E-state index contributed by atoms with van der Waals surface area (Å²) in [5, 5.41) is 45.6. The van der Waals surface area contributed by atoms with Gasteiger partial charge in [0.15, 0.2) is 0 Å². The van der Waals surface area contributed by atoms with E-state index in [0.717, 1.165) is 80.0 Å². The number of nitrogens with zero attached hydrogens (tertiary/aromatic N) is 5. The largest absolute Gasteiger partial charge is 0.393 e. The fourth-order valence-electron chi connectivity index (χ4n) is 18.1. The summed E-state index contributed by atoms with van der Waals surface area (Å²) in [6, 6.07) is 39.0. The molecule has 0 spiro atoms. The second kappa shape index (κ2) is 31.8. The molecule has 6 aliphatic carbocycles. The number of hydrogen-bond acceptors (Lipinski definition) is 15. The summed E-state index contributed by atoms with van der Waals surface area (Å²) in [4.78, 5) is 76.2. The Morgan fingerprint density at radius 2 is 1.00 bits per heavy atom. The van der Waals surface area contributed by atoms with E-state index in [9.17, 15) is 29.4 Å². The first-order chi connectivity index (χ1) is 48.6. The van der Waals surface area contributed by atoms with Gasteiger partial charge in [0, 0.05) is 121 Å². The number of anilines is 2. The highest BCUT2D eigenvalue weighted by Gasteiger charge is 2.59. The molecule has 16 atom stereocenters. The molecule has 2 saturated heterocycles. The Morgan fingerprint density at radius 1 is 0.569 bits per heavy atom. The number of aliphatic hydroxyl groups excluding tert-OH is 2. The van der Waals surface area contributed by atoms with Crippen LogP contribution in [0.3, 0.4) is 0 Å². The molecular weight excluding hydrogens is 1280 g/mol. The molecule has 548 valence electrons. The van der Waals surface area contributed by atoms with Crippen molar-refractivity contribution in [3.05, 3.63) is 172 Å². The minimum atomic E-state index is -0.784. The Morgan fingerprint density at radius 3 is 1.38 bits per heavy atom. The number of aliphatic hydroxyl groups is 2. The normalized spacial score (nSPS) is 27.4. The third kappa shape index (κ3) is 15.9. The zero-order valence-electron chi connectivity index (χ0n) is 63.0. The second-order valence-corrected chi connectivity index (χ2v) is 31.8. The van der Waals surface area contributed by atoms with Crippen LogP contribution in [0.2, 0.25) is 0 Å². The summed E-state index contributed by atoms with van der Waals surface area (Å²) >= 11 is 0. The van der Waals surface area contributed by atoms with Gasteiger partial charge in [0.05, 0.1) is 43.2 Å². The highest BCUT2D eigenvalue weighted by atomic mass is 16.7. The molecule has 6 saturated carbocycles. The third-order valence-electron chi connectivity index (χ3n) is 24.7. The summed E-state index contributed by atoms with van der Waals surface area (Å²) in [7, 11) is 11.1. The van der Waals surface area contributed by atoms with Gasteiger partial charge in [-0.25, -0.2) is 0 Å². The van der Waals surface area contributed by atoms with Gasteiger partial charge in [0.1, 0.15) is 12.1 Å². The predicted molar refractivity (Wildman–Crippen MR) is 404 cm³/mol. The number of rotatable bonds is 24. The van der Waals surface area contributed by atoms with Crippen LogP contribution in [0, 0.1) is 72.0 Å². The van der Waals surface area contributed by atoms with E-state index in [2.05, 4.69) is 141 Å². The Hall–Kier alpha value is -7.59. The molecule has 0 unspecified atom stereocenters. The summed E-state index contributed by atoms with van der Waals surface area (Å²) in [6.45, 7) is 24.6. The van der Waals surface area contributed by atoms with Gasteiger partial charge in [-0.05, 0) is 198 Å². The minimum Gasteiger partial charge on any atom is -0.393 e. The van der Waals surface area contributed by atoms with E-state index in [-0.39, 0.29) is 35.7 Å². The summed E-state index contributed by atoms with van der Waals surface area (Å²) in [5.74, 6) is 1.82. The second-order valence-electron chi connectivity index (χ2n) is 31.8. The molecule has 0 radical (unpaired) electrons. The van der Waals surface area contributed by atoms with Crippen molar-refractivity contribution in [2.75, 3.05) is 65.2 Å². The van der Waals surface area contributed by atoms with E-state index in [4.69, 9.17) is 9.68 Å². The zero-order valence-corrected chi connectivity index (χ0v) is 63.0. The number of hydrogen-bond donors (Lipinski definition) is 8. The average Bonchev–Trinajstić information content (AvgIpc) is 1.09. The van der Waals surface area contributed by atoms with Crippen LogP contribution in [0.15, 0.2) is 128 Å². The van der Waals surface area contributed by atoms with E-state index >= 15 is 0 Å². The van der Waals surface area contributed by atoms with Crippen LogP contribution < -0.4 is 41.7 Å². The van der Waals surface area contributed by atoms with Crippen molar-refractivity contribution < 1.29 is 39.1 Å². The maximum Gasteiger partial charge on any atom is 0.251 e. The van der Waals surface area contributed by atoms with Gasteiger partial charge in [0.25, 0.3) is 11.8 Å². The molecule has 8 aliphatic rings. The van der Waals surface area contributed by atoms with Crippen molar-refractivity contribution >= 4 is 35.0 Å². The van der Waals surface area contributed by atoms with Gasteiger partial charge in [-0.1, -0.05) is 114 Å². The van der Waals surface area contributed by atoms with Crippen LogP contribution in [-0.4, -0.2) is 153 Å². The molecule has 19 nitrogen and oxygen atoms in total. The molecule has 4 bridgehead atoms. The third-order valence-corrected chi connectivity index (χ3v) is 24.7. The number of fused-ring (bicyclic) bond motifs is 4. The van der Waals surface area contributed by atoms with Crippen LogP contribution in [0.25, 0.3) is 22.3 Å². The maximum atomic E-state index is 14.5. The van der Waals surface area contributed by atoms with Crippen LogP contribution in [-0.2, 0) is 45.4 Å². The first kappa shape index (κ1) is 75.6. The molecule has 14 rings (SSSR count). The molecule has 102 heavy (non-hydrogen) atoms. The maximum absolute atomic E-state index is 14.5.